The summed E-state index contributed by atoms with van der Waals surface area (Å²) in [5, 5.41) is 10.4. The number of likely N-dealkylation sites (tertiary alicyclic amines) is 1. The average Bonchev–Trinajstić information content (AvgIpc) is 2.65. The van der Waals surface area contributed by atoms with Gasteiger partial charge in [-0.05, 0) is 24.3 Å². The van der Waals surface area contributed by atoms with Gasteiger partial charge in [-0.25, -0.2) is 0 Å². The monoisotopic (exact) mass is 344 g/mol. The van der Waals surface area contributed by atoms with E-state index in [0.717, 1.165) is 52.2 Å². The molecule has 2 atom stereocenters. The van der Waals surface area contributed by atoms with Crippen LogP contribution in [0.4, 0.5) is 0 Å². The van der Waals surface area contributed by atoms with Crippen LogP contribution in [0.3, 0.4) is 0 Å². The SMILES string of the molecule is O=C(C=CCN1CCOCC1)N1CC[C@H](Cc2ccccc2)[C@@H](O)C1. The molecular formula is C20H28N2O3. The number of aliphatic hydroxyl groups excluding tert-OH is 1. The summed E-state index contributed by atoms with van der Waals surface area (Å²) in [5.41, 5.74) is 1.25. The lowest BCUT2D eigenvalue weighted by atomic mass is 9.88. The van der Waals surface area contributed by atoms with E-state index in [9.17, 15) is 9.90 Å². The van der Waals surface area contributed by atoms with E-state index in [0.29, 0.717) is 6.54 Å². The Balaban J connectivity index is 1.44. The van der Waals surface area contributed by atoms with Crippen molar-refractivity contribution >= 4 is 5.91 Å². The minimum Gasteiger partial charge on any atom is -0.391 e. The number of hydrogen-bond donors (Lipinski definition) is 1. The van der Waals surface area contributed by atoms with Crippen LogP contribution in [0, 0.1) is 5.92 Å². The molecule has 2 heterocycles. The second kappa shape index (κ2) is 9.13. The summed E-state index contributed by atoms with van der Waals surface area (Å²) in [6.07, 6.45) is 4.84. The van der Waals surface area contributed by atoms with Crippen molar-refractivity contribution in [1.82, 2.24) is 9.80 Å². The Morgan fingerprint density at radius 2 is 1.96 bits per heavy atom. The van der Waals surface area contributed by atoms with Gasteiger partial charge >= 0.3 is 0 Å². The number of nitrogens with zero attached hydrogens (tertiary/aromatic N) is 2. The van der Waals surface area contributed by atoms with Gasteiger partial charge in [0.1, 0.15) is 0 Å². The number of β-amino-alcohol motifs (C(OH)–C–C–N with tert-alkyl or cyclic N) is 1. The molecule has 1 amide bonds. The number of carbonyl (C=O) groups is 1. The molecule has 0 spiro atoms. The molecule has 1 aromatic carbocycles. The van der Waals surface area contributed by atoms with Crippen LogP contribution in [0.15, 0.2) is 42.5 Å². The Bertz CT molecular complexity index is 570. The molecular weight excluding hydrogens is 316 g/mol. The number of morpholine rings is 1. The number of carbonyl (C=O) groups excluding carboxylic acids is 1. The minimum absolute atomic E-state index is 0.00507. The molecule has 3 rings (SSSR count). The van der Waals surface area contributed by atoms with Crippen molar-refractivity contribution < 1.29 is 14.6 Å². The zero-order valence-electron chi connectivity index (χ0n) is 14.7. The van der Waals surface area contributed by atoms with E-state index in [1.54, 1.807) is 11.0 Å². The van der Waals surface area contributed by atoms with Crippen molar-refractivity contribution in [1.29, 1.82) is 0 Å². The van der Waals surface area contributed by atoms with Gasteiger partial charge in [-0.3, -0.25) is 9.69 Å². The molecule has 2 fully saturated rings. The molecule has 0 unspecified atom stereocenters. The second-order valence-corrected chi connectivity index (χ2v) is 6.91. The van der Waals surface area contributed by atoms with Gasteiger partial charge in [-0.2, -0.15) is 0 Å². The topological polar surface area (TPSA) is 53.0 Å². The fourth-order valence-electron chi connectivity index (χ4n) is 3.53. The normalized spacial score (nSPS) is 25.4. The lowest BCUT2D eigenvalue weighted by molar-refractivity contribution is -0.130. The fraction of sp³-hybridized carbons (Fsp3) is 0.550. The summed E-state index contributed by atoms with van der Waals surface area (Å²) in [5.74, 6) is 0.231. The van der Waals surface area contributed by atoms with E-state index in [1.807, 2.05) is 24.3 Å². The molecule has 2 aliphatic heterocycles. The molecule has 25 heavy (non-hydrogen) atoms. The highest BCUT2D eigenvalue weighted by molar-refractivity contribution is 5.87. The zero-order chi connectivity index (χ0) is 17.5. The van der Waals surface area contributed by atoms with Crippen LogP contribution < -0.4 is 0 Å². The van der Waals surface area contributed by atoms with E-state index in [1.165, 1.54) is 5.56 Å². The van der Waals surface area contributed by atoms with Crippen LogP contribution >= 0.6 is 0 Å². The van der Waals surface area contributed by atoms with E-state index in [2.05, 4.69) is 17.0 Å². The summed E-state index contributed by atoms with van der Waals surface area (Å²) in [6, 6.07) is 10.3. The Morgan fingerprint density at radius 3 is 2.68 bits per heavy atom. The van der Waals surface area contributed by atoms with Gasteiger partial charge in [-0.1, -0.05) is 36.4 Å². The van der Waals surface area contributed by atoms with Gasteiger partial charge in [0.25, 0.3) is 0 Å². The van der Waals surface area contributed by atoms with Crippen LogP contribution in [0.1, 0.15) is 12.0 Å². The Labute approximate surface area is 149 Å². The van der Waals surface area contributed by atoms with Crippen molar-refractivity contribution in [3.63, 3.8) is 0 Å². The molecule has 5 heteroatoms. The number of aliphatic hydroxyl groups is 1. The highest BCUT2D eigenvalue weighted by Gasteiger charge is 2.29. The van der Waals surface area contributed by atoms with Gasteiger partial charge in [0, 0.05) is 38.8 Å². The number of piperidine rings is 1. The lowest BCUT2D eigenvalue weighted by Gasteiger charge is -2.35. The molecule has 0 aliphatic carbocycles. The standard InChI is InChI=1S/C20H28N2O3/c23-19-16-22(10-8-18(19)15-17-5-2-1-3-6-17)20(24)7-4-9-21-11-13-25-14-12-21/h1-7,18-19,23H,8-16H2/t18-,19+/m1/s1. The van der Waals surface area contributed by atoms with Gasteiger partial charge in [-0.15, -0.1) is 0 Å². The van der Waals surface area contributed by atoms with Crippen molar-refractivity contribution in [2.45, 2.75) is 18.9 Å². The molecule has 0 saturated carbocycles. The predicted octanol–water partition coefficient (Wildman–Crippen LogP) is 1.33. The van der Waals surface area contributed by atoms with Crippen molar-refractivity contribution in [2.24, 2.45) is 5.92 Å². The maximum atomic E-state index is 12.3. The first-order chi connectivity index (χ1) is 12.2. The number of hydrogen-bond acceptors (Lipinski definition) is 4. The maximum Gasteiger partial charge on any atom is 0.246 e. The van der Waals surface area contributed by atoms with Gasteiger partial charge < -0.3 is 14.7 Å². The summed E-state index contributed by atoms with van der Waals surface area (Å²) < 4.78 is 5.32. The third-order valence-corrected chi connectivity index (χ3v) is 5.10. The predicted molar refractivity (Wildman–Crippen MR) is 97.2 cm³/mol. The maximum absolute atomic E-state index is 12.3. The molecule has 2 saturated heterocycles. The first-order valence-corrected chi connectivity index (χ1v) is 9.20. The molecule has 0 bridgehead atoms. The van der Waals surface area contributed by atoms with E-state index >= 15 is 0 Å². The molecule has 136 valence electrons. The van der Waals surface area contributed by atoms with E-state index in [-0.39, 0.29) is 11.8 Å². The second-order valence-electron chi connectivity index (χ2n) is 6.91. The number of rotatable bonds is 5. The van der Waals surface area contributed by atoms with Crippen molar-refractivity contribution in [2.75, 3.05) is 45.9 Å². The van der Waals surface area contributed by atoms with E-state index < -0.39 is 6.10 Å². The third kappa shape index (κ3) is 5.39. The van der Waals surface area contributed by atoms with Crippen LogP contribution in [0.25, 0.3) is 0 Å². The largest absolute Gasteiger partial charge is 0.391 e. The Kier molecular flexibility index (Phi) is 6.62. The Hall–Kier alpha value is -1.69. The number of benzene rings is 1. The average molecular weight is 344 g/mol. The summed E-state index contributed by atoms with van der Waals surface area (Å²) in [4.78, 5) is 16.4. The number of amides is 1. The summed E-state index contributed by atoms with van der Waals surface area (Å²) in [6.45, 7) is 5.30. The minimum atomic E-state index is -0.453. The van der Waals surface area contributed by atoms with Crippen LogP contribution in [-0.4, -0.2) is 72.9 Å². The highest BCUT2D eigenvalue weighted by atomic mass is 16.5. The van der Waals surface area contributed by atoms with Gasteiger partial charge in [0.05, 0.1) is 19.3 Å². The van der Waals surface area contributed by atoms with Crippen molar-refractivity contribution in [3.8, 4) is 0 Å². The molecule has 1 N–H and O–H groups in total. The molecule has 1 aromatic rings. The zero-order valence-corrected chi connectivity index (χ0v) is 14.7. The first-order valence-electron chi connectivity index (χ1n) is 9.20. The van der Waals surface area contributed by atoms with Crippen molar-refractivity contribution in [3.05, 3.63) is 48.0 Å². The molecule has 0 radical (unpaired) electrons. The summed E-state index contributed by atoms with van der Waals surface area (Å²) >= 11 is 0. The first kappa shape index (κ1) is 18.1. The smallest absolute Gasteiger partial charge is 0.246 e. The van der Waals surface area contributed by atoms with Gasteiger partial charge in [0.2, 0.25) is 5.91 Å². The molecule has 2 aliphatic rings. The molecule has 0 aromatic heterocycles. The fourth-order valence-corrected chi connectivity index (χ4v) is 3.53. The molecule has 5 nitrogen and oxygen atoms in total. The Morgan fingerprint density at radius 1 is 1.20 bits per heavy atom. The van der Waals surface area contributed by atoms with Crippen LogP contribution in [0.2, 0.25) is 0 Å². The van der Waals surface area contributed by atoms with Crippen LogP contribution in [0.5, 0.6) is 0 Å². The van der Waals surface area contributed by atoms with E-state index in [4.69, 9.17) is 4.74 Å². The number of ether oxygens (including phenoxy) is 1. The van der Waals surface area contributed by atoms with Crippen LogP contribution in [-0.2, 0) is 16.0 Å². The lowest BCUT2D eigenvalue weighted by Crippen LogP contribution is -2.46. The van der Waals surface area contributed by atoms with Gasteiger partial charge in [0.15, 0.2) is 0 Å². The summed E-state index contributed by atoms with van der Waals surface area (Å²) in [7, 11) is 0. The third-order valence-electron chi connectivity index (χ3n) is 5.10. The quantitative estimate of drug-likeness (QED) is 0.819. The highest BCUT2D eigenvalue weighted by Crippen LogP contribution is 2.22.